The van der Waals surface area contributed by atoms with Gasteiger partial charge in [-0.1, -0.05) is 6.07 Å². The van der Waals surface area contributed by atoms with Crippen molar-refractivity contribution in [2.75, 3.05) is 25.1 Å². The molecule has 2 aliphatic heterocycles. The van der Waals surface area contributed by atoms with E-state index in [9.17, 15) is 41.0 Å². The number of carboxylic acid groups (broad SMARTS) is 1. The molecule has 4 atom stereocenters. The van der Waals surface area contributed by atoms with Crippen LogP contribution in [0, 0.1) is 12.8 Å². The molecule has 1 aliphatic carbocycles. The Balaban J connectivity index is 1.40. The summed E-state index contributed by atoms with van der Waals surface area (Å²) in [4.78, 5) is 33.3. The fourth-order valence-electron chi connectivity index (χ4n) is 7.06. The van der Waals surface area contributed by atoms with Gasteiger partial charge >= 0.3 is 24.4 Å². The minimum Gasteiger partial charge on any atom is -0.496 e. The number of aliphatic carboxylic acids is 1. The molecule has 0 bridgehead atoms. The van der Waals surface area contributed by atoms with Crippen LogP contribution in [-0.2, 0) is 28.4 Å². The van der Waals surface area contributed by atoms with Gasteiger partial charge in [-0.25, -0.2) is 9.78 Å². The van der Waals surface area contributed by atoms with Crippen LogP contribution in [0.4, 0.5) is 37.0 Å². The van der Waals surface area contributed by atoms with Gasteiger partial charge in [0.15, 0.2) is 0 Å². The molecule has 6 rings (SSSR count). The van der Waals surface area contributed by atoms with E-state index in [1.165, 1.54) is 18.9 Å². The van der Waals surface area contributed by atoms with Crippen molar-refractivity contribution in [3.05, 3.63) is 76.0 Å². The molecule has 0 unspecified atom stereocenters. The number of rotatable bonds is 8. The first-order valence-electron chi connectivity index (χ1n) is 16.0. The summed E-state index contributed by atoms with van der Waals surface area (Å²) in [6, 6.07) is 7.83. The molecule has 2 aromatic carbocycles. The topological polar surface area (TPSA) is 92.2 Å². The van der Waals surface area contributed by atoms with Crippen LogP contribution in [0.25, 0.3) is 11.1 Å². The molecule has 1 N–H and O–H groups in total. The Hall–Kier alpha value is -4.49. The van der Waals surface area contributed by atoms with Crippen LogP contribution in [0.2, 0.25) is 0 Å². The van der Waals surface area contributed by atoms with E-state index in [4.69, 9.17) is 14.5 Å². The number of aromatic nitrogens is 1. The van der Waals surface area contributed by atoms with Crippen LogP contribution < -0.4 is 9.64 Å². The van der Waals surface area contributed by atoms with Gasteiger partial charge in [0, 0.05) is 24.2 Å². The summed E-state index contributed by atoms with van der Waals surface area (Å²) in [5.41, 5.74) is 0.0782. The third-order valence-electron chi connectivity index (χ3n) is 9.85. The number of alkyl halides is 6. The normalized spacial score (nSPS) is 22.7. The Labute approximate surface area is 278 Å². The molecule has 3 aromatic rings. The van der Waals surface area contributed by atoms with Gasteiger partial charge in [-0.05, 0) is 98.5 Å². The lowest BCUT2D eigenvalue weighted by Crippen LogP contribution is -2.38. The number of hydrogen-bond acceptors (Lipinski definition) is 6. The number of amides is 1. The summed E-state index contributed by atoms with van der Waals surface area (Å²) in [5.74, 6) is -0.0823. The van der Waals surface area contributed by atoms with Crippen molar-refractivity contribution in [1.29, 1.82) is 0 Å². The minimum atomic E-state index is -5.06. The van der Waals surface area contributed by atoms with Crippen LogP contribution >= 0.6 is 0 Å². The Morgan fingerprint density at radius 1 is 1.00 bits per heavy atom. The maximum atomic E-state index is 13.7. The number of cyclic esters (lactones) is 1. The summed E-state index contributed by atoms with van der Waals surface area (Å²) >= 11 is 0. The second-order valence-electron chi connectivity index (χ2n) is 13.0. The molecule has 0 spiro atoms. The van der Waals surface area contributed by atoms with Crippen molar-refractivity contribution in [2.24, 2.45) is 5.92 Å². The SMILES string of the molecule is COc1ccc([C@@H]2CC[C@@H](C(=O)O)C2)cc1-c1c(C)cc(N2CCC2)nc1CN1C(=O)O[C@H](c2cc(C(F)(F)F)cc(C(F)(F)F)c2)[C@@H]1C. The number of halogens is 6. The number of carboxylic acids is 1. The number of hydrogen-bond donors (Lipinski definition) is 1. The highest BCUT2D eigenvalue weighted by atomic mass is 19.4. The van der Waals surface area contributed by atoms with Gasteiger partial charge < -0.3 is 19.5 Å². The van der Waals surface area contributed by atoms with Gasteiger partial charge in [-0.15, -0.1) is 0 Å². The van der Waals surface area contributed by atoms with Crippen molar-refractivity contribution in [1.82, 2.24) is 9.88 Å². The number of methoxy groups -OCH3 is 1. The molecular weight excluding hydrogens is 656 g/mol. The quantitative estimate of drug-likeness (QED) is 0.238. The average Bonchev–Trinajstić information content (AvgIpc) is 3.60. The number of benzene rings is 2. The number of carbonyl (C=O) groups excluding carboxylic acids is 1. The lowest BCUT2D eigenvalue weighted by atomic mass is 9.90. The molecule has 1 saturated carbocycles. The monoisotopic (exact) mass is 691 g/mol. The van der Waals surface area contributed by atoms with Gasteiger partial charge in [0.25, 0.3) is 0 Å². The largest absolute Gasteiger partial charge is 0.496 e. The lowest BCUT2D eigenvalue weighted by molar-refractivity contribution is -0.143. The molecule has 3 aliphatic rings. The zero-order chi connectivity index (χ0) is 35.4. The summed E-state index contributed by atoms with van der Waals surface area (Å²) in [6.45, 7) is 4.80. The summed E-state index contributed by atoms with van der Waals surface area (Å²) in [7, 11) is 1.51. The first kappa shape index (κ1) is 34.4. The van der Waals surface area contributed by atoms with Crippen LogP contribution in [0.15, 0.2) is 42.5 Å². The van der Waals surface area contributed by atoms with Crippen molar-refractivity contribution in [3.8, 4) is 16.9 Å². The lowest BCUT2D eigenvalue weighted by Gasteiger charge is -2.33. The number of carbonyl (C=O) groups is 2. The standard InChI is InChI=1S/C35H35F6N3O5/c1-18-11-29(43-9-4-10-43)42-27(30(18)26-15-21(7-8-28(26)48-3)20-5-6-22(12-20)32(45)46)17-44-19(2)31(49-33(44)47)23-13-24(34(36,37)38)16-25(14-23)35(39,40)41/h7-8,11,13-16,19-20,22,31H,4-6,9-10,12,17H2,1-3H3,(H,45,46)/t19-,20+,22+,31-/m0/s1. The van der Waals surface area contributed by atoms with E-state index in [1.54, 1.807) is 6.07 Å². The number of anilines is 1. The van der Waals surface area contributed by atoms with E-state index in [0.717, 1.165) is 30.6 Å². The zero-order valence-electron chi connectivity index (χ0n) is 27.0. The predicted octanol–water partition coefficient (Wildman–Crippen LogP) is 8.36. The van der Waals surface area contributed by atoms with E-state index in [2.05, 4.69) is 4.90 Å². The first-order chi connectivity index (χ1) is 23.0. The van der Waals surface area contributed by atoms with Gasteiger partial charge in [0.2, 0.25) is 0 Å². The number of ether oxygens (including phenoxy) is 2. The highest BCUT2D eigenvalue weighted by molar-refractivity contribution is 5.79. The second-order valence-corrected chi connectivity index (χ2v) is 13.0. The van der Waals surface area contributed by atoms with Crippen molar-refractivity contribution < 1.29 is 50.5 Å². The predicted molar refractivity (Wildman–Crippen MR) is 166 cm³/mol. The van der Waals surface area contributed by atoms with E-state index < -0.39 is 59.2 Å². The van der Waals surface area contributed by atoms with E-state index in [1.807, 2.05) is 25.1 Å². The maximum absolute atomic E-state index is 13.7. The van der Waals surface area contributed by atoms with E-state index >= 15 is 0 Å². The fourth-order valence-corrected chi connectivity index (χ4v) is 7.06. The maximum Gasteiger partial charge on any atom is 0.416 e. The molecule has 0 radical (unpaired) electrons. The first-order valence-corrected chi connectivity index (χ1v) is 16.0. The average molecular weight is 692 g/mol. The molecule has 49 heavy (non-hydrogen) atoms. The second kappa shape index (κ2) is 12.8. The summed E-state index contributed by atoms with van der Waals surface area (Å²) in [5, 5.41) is 9.56. The van der Waals surface area contributed by atoms with E-state index in [0.29, 0.717) is 59.8 Å². The van der Waals surface area contributed by atoms with Crippen LogP contribution in [0.5, 0.6) is 5.75 Å². The highest BCUT2D eigenvalue weighted by Crippen LogP contribution is 2.45. The van der Waals surface area contributed by atoms with Crippen molar-refractivity contribution >= 4 is 17.9 Å². The summed E-state index contributed by atoms with van der Waals surface area (Å²) in [6.07, 6.45) is -9.72. The molecular formula is C35H35F6N3O5. The molecule has 14 heteroatoms. The van der Waals surface area contributed by atoms with Crippen LogP contribution in [0.3, 0.4) is 0 Å². The Morgan fingerprint density at radius 3 is 2.22 bits per heavy atom. The smallest absolute Gasteiger partial charge is 0.416 e. The van der Waals surface area contributed by atoms with E-state index in [-0.39, 0.29) is 18.5 Å². The molecule has 3 fully saturated rings. The number of aryl methyl sites for hydroxylation is 1. The fraction of sp³-hybridized carbons (Fsp3) is 0.457. The van der Waals surface area contributed by atoms with Gasteiger partial charge in [-0.2, -0.15) is 26.3 Å². The highest BCUT2D eigenvalue weighted by Gasteiger charge is 2.44. The van der Waals surface area contributed by atoms with Crippen LogP contribution in [-0.4, -0.2) is 53.3 Å². The number of pyridine rings is 1. The van der Waals surface area contributed by atoms with Gasteiger partial charge in [-0.3, -0.25) is 9.69 Å². The zero-order valence-corrected chi connectivity index (χ0v) is 27.0. The Bertz CT molecular complexity index is 1740. The van der Waals surface area contributed by atoms with Crippen molar-refractivity contribution in [2.45, 2.75) is 76.5 Å². The third-order valence-corrected chi connectivity index (χ3v) is 9.85. The molecule has 1 amide bonds. The van der Waals surface area contributed by atoms with Gasteiger partial charge in [0.05, 0.1) is 42.4 Å². The molecule has 3 heterocycles. The Kier molecular flexibility index (Phi) is 8.95. The Morgan fingerprint density at radius 2 is 1.67 bits per heavy atom. The molecule has 262 valence electrons. The number of nitrogens with zero attached hydrogens (tertiary/aromatic N) is 3. The third kappa shape index (κ3) is 6.73. The van der Waals surface area contributed by atoms with Crippen molar-refractivity contribution in [3.63, 3.8) is 0 Å². The molecule has 8 nitrogen and oxygen atoms in total. The minimum absolute atomic E-state index is 0.00576. The van der Waals surface area contributed by atoms with Gasteiger partial charge in [0.1, 0.15) is 17.7 Å². The molecule has 2 saturated heterocycles. The molecule has 1 aromatic heterocycles. The summed E-state index contributed by atoms with van der Waals surface area (Å²) < 4.78 is 93.1. The van der Waals surface area contributed by atoms with Crippen LogP contribution in [0.1, 0.15) is 78.1 Å².